The van der Waals surface area contributed by atoms with E-state index in [9.17, 15) is 9.59 Å². The molecule has 92 valence electrons. The van der Waals surface area contributed by atoms with Crippen molar-refractivity contribution >= 4 is 11.8 Å². The van der Waals surface area contributed by atoms with Crippen LogP contribution < -0.4 is 10.5 Å². The number of hydrogen-bond donors (Lipinski definition) is 1. The molecular weight excluding hydrogens is 222 g/mol. The molecule has 0 radical (unpaired) electrons. The molecule has 0 aliphatic heterocycles. The van der Waals surface area contributed by atoms with E-state index >= 15 is 0 Å². The Balaban J connectivity index is 2.40. The van der Waals surface area contributed by atoms with Crippen LogP contribution in [0.5, 0.6) is 5.75 Å². The van der Waals surface area contributed by atoms with Crippen molar-refractivity contribution in [3.8, 4) is 5.75 Å². The Morgan fingerprint density at radius 1 is 1.18 bits per heavy atom. The Hall–Kier alpha value is -1.88. The summed E-state index contributed by atoms with van der Waals surface area (Å²) in [4.78, 5) is 21.7. The summed E-state index contributed by atoms with van der Waals surface area (Å²) in [5, 5.41) is 0. The number of nitrogens with two attached hydrogens (primary N) is 1. The van der Waals surface area contributed by atoms with Gasteiger partial charge >= 0.3 is 5.97 Å². The fourth-order valence-electron chi connectivity index (χ4n) is 1.20. The average molecular weight is 237 g/mol. The number of rotatable bonds is 6. The highest BCUT2D eigenvalue weighted by molar-refractivity contribution is 5.97. The van der Waals surface area contributed by atoms with Crippen LogP contribution in [0.3, 0.4) is 0 Å². The second-order valence-electron chi connectivity index (χ2n) is 3.34. The number of esters is 1. The zero-order chi connectivity index (χ0) is 12.7. The van der Waals surface area contributed by atoms with Gasteiger partial charge in [0, 0.05) is 12.5 Å². The van der Waals surface area contributed by atoms with Gasteiger partial charge in [-0.25, -0.2) is 0 Å². The third kappa shape index (κ3) is 4.65. The Morgan fingerprint density at radius 3 is 2.35 bits per heavy atom. The van der Waals surface area contributed by atoms with Crippen LogP contribution in [0.1, 0.15) is 17.3 Å². The maximum Gasteiger partial charge on any atom is 0.302 e. The lowest BCUT2D eigenvalue weighted by Crippen LogP contribution is -2.13. The van der Waals surface area contributed by atoms with Crippen LogP contribution >= 0.6 is 0 Å². The molecule has 1 rings (SSSR count). The van der Waals surface area contributed by atoms with Crippen LogP contribution in [-0.4, -0.2) is 31.5 Å². The molecule has 5 heteroatoms. The van der Waals surface area contributed by atoms with Gasteiger partial charge in [-0.1, -0.05) is 0 Å². The van der Waals surface area contributed by atoms with Gasteiger partial charge in [0.25, 0.3) is 0 Å². The summed E-state index contributed by atoms with van der Waals surface area (Å²) in [6.45, 7) is 1.82. The van der Waals surface area contributed by atoms with Gasteiger partial charge < -0.3 is 15.2 Å². The summed E-state index contributed by atoms with van der Waals surface area (Å²) in [6, 6.07) is 6.65. The summed E-state index contributed by atoms with van der Waals surface area (Å²) >= 11 is 0. The van der Waals surface area contributed by atoms with E-state index in [4.69, 9.17) is 15.2 Å². The van der Waals surface area contributed by atoms with Crippen LogP contribution in [0.4, 0.5) is 0 Å². The standard InChI is InChI=1S/C12H15NO4/c1-9(14)16-6-7-17-11-4-2-10(3-5-11)12(15)8-13/h2-5H,6-8,13H2,1H3. The molecule has 2 N–H and O–H groups in total. The lowest BCUT2D eigenvalue weighted by molar-refractivity contribution is -0.141. The Kier molecular flexibility index (Phi) is 5.16. The number of ether oxygens (including phenoxy) is 2. The molecule has 0 saturated carbocycles. The lowest BCUT2D eigenvalue weighted by Gasteiger charge is -2.06. The molecule has 1 aromatic carbocycles. The van der Waals surface area contributed by atoms with Gasteiger partial charge in [0.2, 0.25) is 0 Å². The van der Waals surface area contributed by atoms with Gasteiger partial charge in [-0.05, 0) is 24.3 Å². The Morgan fingerprint density at radius 2 is 1.82 bits per heavy atom. The molecule has 1 aromatic rings. The van der Waals surface area contributed by atoms with E-state index in [0.29, 0.717) is 11.3 Å². The number of benzene rings is 1. The molecule has 0 fully saturated rings. The van der Waals surface area contributed by atoms with Gasteiger partial charge in [-0.3, -0.25) is 9.59 Å². The van der Waals surface area contributed by atoms with Gasteiger partial charge in [0.15, 0.2) is 5.78 Å². The lowest BCUT2D eigenvalue weighted by atomic mass is 10.1. The minimum atomic E-state index is -0.336. The maximum absolute atomic E-state index is 11.2. The van der Waals surface area contributed by atoms with Crippen molar-refractivity contribution in [1.29, 1.82) is 0 Å². The first-order chi connectivity index (χ1) is 8.13. The van der Waals surface area contributed by atoms with Crippen molar-refractivity contribution < 1.29 is 19.1 Å². The van der Waals surface area contributed by atoms with Gasteiger partial charge in [-0.2, -0.15) is 0 Å². The third-order valence-corrected chi connectivity index (χ3v) is 2.02. The predicted octanol–water partition coefficient (Wildman–Crippen LogP) is 0.770. The van der Waals surface area contributed by atoms with E-state index in [1.165, 1.54) is 6.92 Å². The average Bonchev–Trinajstić information content (AvgIpc) is 2.34. The van der Waals surface area contributed by atoms with Crippen molar-refractivity contribution in [2.75, 3.05) is 19.8 Å². The van der Waals surface area contributed by atoms with E-state index in [0.717, 1.165) is 0 Å². The zero-order valence-electron chi connectivity index (χ0n) is 9.64. The quantitative estimate of drug-likeness (QED) is 0.449. The molecule has 0 bridgehead atoms. The van der Waals surface area contributed by atoms with Crippen molar-refractivity contribution in [2.45, 2.75) is 6.92 Å². The number of hydrogen-bond acceptors (Lipinski definition) is 5. The molecule has 0 unspecified atom stereocenters. The molecule has 0 aromatic heterocycles. The van der Waals surface area contributed by atoms with Crippen LogP contribution in [0, 0.1) is 0 Å². The van der Waals surface area contributed by atoms with E-state index < -0.39 is 0 Å². The molecule has 0 spiro atoms. The molecule has 0 saturated heterocycles. The number of carbonyl (C=O) groups is 2. The molecular formula is C12H15NO4. The predicted molar refractivity (Wildman–Crippen MR) is 62.0 cm³/mol. The number of Topliss-reactive ketones (excluding diaryl/α,β-unsaturated/α-hetero) is 1. The smallest absolute Gasteiger partial charge is 0.302 e. The summed E-state index contributed by atoms with van der Waals surface area (Å²) < 4.78 is 10.0. The highest BCUT2D eigenvalue weighted by Gasteiger charge is 2.03. The SMILES string of the molecule is CC(=O)OCCOc1ccc(C(=O)CN)cc1. The molecule has 5 nitrogen and oxygen atoms in total. The largest absolute Gasteiger partial charge is 0.490 e. The van der Waals surface area contributed by atoms with Crippen LogP contribution in [0.25, 0.3) is 0 Å². The highest BCUT2D eigenvalue weighted by Crippen LogP contribution is 2.12. The van der Waals surface area contributed by atoms with Gasteiger partial charge in [0.05, 0.1) is 6.54 Å². The molecule has 0 heterocycles. The van der Waals surface area contributed by atoms with E-state index in [-0.39, 0.29) is 31.5 Å². The van der Waals surface area contributed by atoms with Crippen molar-refractivity contribution in [3.63, 3.8) is 0 Å². The summed E-state index contributed by atoms with van der Waals surface area (Å²) in [5.41, 5.74) is 5.79. The normalized spacial score (nSPS) is 9.76. The summed E-state index contributed by atoms with van der Waals surface area (Å²) in [7, 11) is 0. The Labute approximate surface area is 99.5 Å². The molecule has 17 heavy (non-hydrogen) atoms. The zero-order valence-corrected chi connectivity index (χ0v) is 9.64. The first-order valence-electron chi connectivity index (χ1n) is 5.23. The minimum absolute atomic E-state index is 0.00729. The molecule has 0 aliphatic rings. The second kappa shape index (κ2) is 6.65. The molecule has 0 amide bonds. The first kappa shape index (κ1) is 13.2. The first-order valence-corrected chi connectivity index (χ1v) is 5.23. The van der Waals surface area contributed by atoms with E-state index in [2.05, 4.69) is 0 Å². The summed E-state index contributed by atoms with van der Waals surface area (Å²) in [5.74, 6) is 0.166. The van der Waals surface area contributed by atoms with Gasteiger partial charge in [-0.15, -0.1) is 0 Å². The topological polar surface area (TPSA) is 78.6 Å². The number of carbonyl (C=O) groups excluding carboxylic acids is 2. The minimum Gasteiger partial charge on any atom is -0.490 e. The molecule has 0 aliphatic carbocycles. The summed E-state index contributed by atoms with van der Waals surface area (Å²) in [6.07, 6.45) is 0. The Bertz CT molecular complexity index is 386. The van der Waals surface area contributed by atoms with E-state index in [1.807, 2.05) is 0 Å². The van der Waals surface area contributed by atoms with Crippen LogP contribution in [0.2, 0.25) is 0 Å². The maximum atomic E-state index is 11.2. The molecule has 0 atom stereocenters. The van der Waals surface area contributed by atoms with E-state index in [1.54, 1.807) is 24.3 Å². The fourth-order valence-corrected chi connectivity index (χ4v) is 1.20. The van der Waals surface area contributed by atoms with Crippen molar-refractivity contribution in [2.24, 2.45) is 5.73 Å². The monoisotopic (exact) mass is 237 g/mol. The van der Waals surface area contributed by atoms with Crippen LogP contribution in [0.15, 0.2) is 24.3 Å². The fraction of sp³-hybridized carbons (Fsp3) is 0.333. The highest BCUT2D eigenvalue weighted by atomic mass is 16.6. The third-order valence-electron chi connectivity index (χ3n) is 2.02. The second-order valence-corrected chi connectivity index (χ2v) is 3.34. The van der Waals surface area contributed by atoms with Crippen molar-refractivity contribution in [1.82, 2.24) is 0 Å². The van der Waals surface area contributed by atoms with Gasteiger partial charge in [0.1, 0.15) is 19.0 Å². The number of ketones is 1. The van der Waals surface area contributed by atoms with Crippen molar-refractivity contribution in [3.05, 3.63) is 29.8 Å². The van der Waals surface area contributed by atoms with Crippen LogP contribution in [-0.2, 0) is 9.53 Å².